The van der Waals surface area contributed by atoms with Crippen molar-refractivity contribution in [3.8, 4) is 0 Å². The third kappa shape index (κ3) is 3.82. The molecule has 1 saturated heterocycles. The first kappa shape index (κ1) is 14.1. The summed E-state index contributed by atoms with van der Waals surface area (Å²) < 4.78 is 17.7. The van der Waals surface area contributed by atoms with Crippen molar-refractivity contribution in [2.24, 2.45) is 0 Å². The molecule has 3 unspecified atom stereocenters. The summed E-state index contributed by atoms with van der Waals surface area (Å²) in [5.41, 5.74) is 0. The molecule has 1 rings (SSSR count). The van der Waals surface area contributed by atoms with Crippen LogP contribution in [0, 0.1) is 0 Å². The molecule has 0 aliphatic carbocycles. The molecule has 16 heavy (non-hydrogen) atoms. The van der Waals surface area contributed by atoms with Crippen LogP contribution in [0.3, 0.4) is 0 Å². The number of nitrogens with one attached hydrogen (secondary N) is 1. The minimum Gasteiger partial charge on any atom is -0.380 e. The van der Waals surface area contributed by atoms with Crippen LogP contribution in [0.5, 0.6) is 0 Å². The van der Waals surface area contributed by atoms with Crippen molar-refractivity contribution in [2.45, 2.75) is 56.6 Å². The lowest BCUT2D eigenvalue weighted by atomic mass is 10.1. The number of ether oxygens (including phenoxy) is 1. The number of rotatable bonds is 4. The molecule has 0 spiro atoms. The lowest BCUT2D eigenvalue weighted by Gasteiger charge is -2.35. The number of hydrogen-bond acceptors (Lipinski definition) is 3. The zero-order valence-corrected chi connectivity index (χ0v) is 11.7. The zero-order valence-electron chi connectivity index (χ0n) is 10.9. The molecule has 0 aromatic carbocycles. The minimum absolute atomic E-state index is 0.139. The molecular weight excluding hydrogens is 222 g/mol. The molecule has 1 aliphatic rings. The first-order chi connectivity index (χ1) is 7.46. The van der Waals surface area contributed by atoms with Crippen LogP contribution in [-0.4, -0.2) is 40.0 Å². The van der Waals surface area contributed by atoms with Crippen LogP contribution in [0.1, 0.15) is 40.5 Å². The van der Waals surface area contributed by atoms with Gasteiger partial charge < -0.3 is 10.1 Å². The van der Waals surface area contributed by atoms with Gasteiger partial charge in [-0.3, -0.25) is 4.21 Å². The lowest BCUT2D eigenvalue weighted by Crippen LogP contribution is -2.52. The Balaban J connectivity index is 2.63. The van der Waals surface area contributed by atoms with Gasteiger partial charge in [0.05, 0.1) is 11.9 Å². The third-order valence-corrected chi connectivity index (χ3v) is 5.06. The van der Waals surface area contributed by atoms with Crippen molar-refractivity contribution in [1.82, 2.24) is 5.32 Å². The van der Waals surface area contributed by atoms with E-state index in [1.165, 1.54) is 0 Å². The third-order valence-electron chi connectivity index (χ3n) is 2.84. The molecule has 0 saturated carbocycles. The van der Waals surface area contributed by atoms with E-state index < -0.39 is 10.8 Å². The van der Waals surface area contributed by atoms with Crippen LogP contribution in [0.4, 0.5) is 0 Å². The van der Waals surface area contributed by atoms with Crippen LogP contribution in [0.2, 0.25) is 0 Å². The molecular formula is C12H25NO2S. The van der Waals surface area contributed by atoms with Crippen molar-refractivity contribution >= 4 is 10.8 Å². The van der Waals surface area contributed by atoms with Crippen molar-refractivity contribution in [1.29, 1.82) is 0 Å². The largest absolute Gasteiger partial charge is 0.380 e. The lowest BCUT2D eigenvalue weighted by molar-refractivity contribution is 0.0816. The fraction of sp³-hybridized carbons (Fsp3) is 1.00. The van der Waals surface area contributed by atoms with Gasteiger partial charge in [-0.05, 0) is 40.2 Å². The second kappa shape index (κ2) is 6.12. The van der Waals surface area contributed by atoms with Crippen LogP contribution >= 0.6 is 0 Å². The quantitative estimate of drug-likeness (QED) is 0.821. The Bertz CT molecular complexity index is 238. The summed E-state index contributed by atoms with van der Waals surface area (Å²) in [6.45, 7) is 10.7. The molecule has 1 fully saturated rings. The van der Waals surface area contributed by atoms with Crippen LogP contribution in [0.25, 0.3) is 0 Å². The molecule has 1 heterocycles. The Hall–Kier alpha value is 0.0700. The van der Waals surface area contributed by atoms with Crippen molar-refractivity contribution < 1.29 is 8.95 Å². The van der Waals surface area contributed by atoms with Crippen LogP contribution in [-0.2, 0) is 15.5 Å². The summed E-state index contributed by atoms with van der Waals surface area (Å²) >= 11 is 0. The van der Waals surface area contributed by atoms with Gasteiger partial charge in [-0.2, -0.15) is 0 Å². The Kier molecular flexibility index (Phi) is 5.41. The standard InChI is InChI=1S/C12H25NO2S/c1-5-7-13-10-6-8-15-9-11(10)16(14)12(2,3)4/h10-11,13H,5-9H2,1-4H3. The van der Waals surface area contributed by atoms with E-state index in [1.54, 1.807) is 0 Å². The summed E-state index contributed by atoms with van der Waals surface area (Å²) in [5, 5.41) is 3.64. The molecule has 1 aliphatic heterocycles. The highest BCUT2D eigenvalue weighted by Crippen LogP contribution is 2.22. The van der Waals surface area contributed by atoms with Crippen LogP contribution in [0.15, 0.2) is 0 Å². The maximum Gasteiger partial charge on any atom is 0.0740 e. The van der Waals surface area contributed by atoms with Gasteiger partial charge in [0.15, 0.2) is 0 Å². The van der Waals surface area contributed by atoms with E-state index in [1.807, 2.05) is 20.8 Å². The monoisotopic (exact) mass is 247 g/mol. The molecule has 0 amide bonds. The van der Waals surface area contributed by atoms with E-state index in [4.69, 9.17) is 4.74 Å². The molecule has 96 valence electrons. The maximum atomic E-state index is 12.4. The average molecular weight is 247 g/mol. The van der Waals surface area contributed by atoms with Gasteiger partial charge in [0, 0.05) is 28.2 Å². The van der Waals surface area contributed by atoms with Crippen molar-refractivity contribution in [3.63, 3.8) is 0 Å². The highest BCUT2D eigenvalue weighted by molar-refractivity contribution is 7.87. The molecule has 0 aromatic heterocycles. The van der Waals surface area contributed by atoms with Gasteiger partial charge in [0.1, 0.15) is 0 Å². The SMILES string of the molecule is CCCNC1CCOCC1S(=O)C(C)(C)C. The maximum absolute atomic E-state index is 12.4. The van der Waals surface area contributed by atoms with Crippen molar-refractivity contribution in [3.05, 3.63) is 0 Å². The van der Waals surface area contributed by atoms with Gasteiger partial charge in [0.25, 0.3) is 0 Å². The Morgan fingerprint density at radius 1 is 1.44 bits per heavy atom. The summed E-state index contributed by atoms with van der Waals surface area (Å²) in [7, 11) is -0.845. The van der Waals surface area contributed by atoms with Gasteiger partial charge >= 0.3 is 0 Å². The fourth-order valence-electron chi connectivity index (χ4n) is 1.94. The van der Waals surface area contributed by atoms with E-state index in [0.29, 0.717) is 12.6 Å². The minimum atomic E-state index is -0.845. The molecule has 0 radical (unpaired) electrons. The van der Waals surface area contributed by atoms with Gasteiger partial charge in [-0.25, -0.2) is 0 Å². The van der Waals surface area contributed by atoms with Crippen molar-refractivity contribution in [2.75, 3.05) is 19.8 Å². The molecule has 3 nitrogen and oxygen atoms in total. The highest BCUT2D eigenvalue weighted by atomic mass is 32.2. The molecule has 1 N–H and O–H groups in total. The first-order valence-electron chi connectivity index (χ1n) is 6.18. The molecule has 4 heteroatoms. The molecule has 3 atom stereocenters. The number of hydrogen-bond donors (Lipinski definition) is 1. The Morgan fingerprint density at radius 2 is 2.12 bits per heavy atom. The summed E-state index contributed by atoms with van der Waals surface area (Å²) in [6.07, 6.45) is 2.10. The summed E-state index contributed by atoms with van der Waals surface area (Å²) in [5.74, 6) is 0. The van der Waals surface area contributed by atoms with E-state index in [0.717, 1.165) is 26.0 Å². The van der Waals surface area contributed by atoms with E-state index in [2.05, 4.69) is 12.2 Å². The zero-order chi connectivity index (χ0) is 12.2. The molecule has 0 aromatic rings. The highest BCUT2D eigenvalue weighted by Gasteiger charge is 2.35. The van der Waals surface area contributed by atoms with Crippen LogP contribution < -0.4 is 5.32 Å². The van der Waals surface area contributed by atoms with E-state index in [-0.39, 0.29) is 10.00 Å². The van der Waals surface area contributed by atoms with Gasteiger partial charge in [-0.1, -0.05) is 6.92 Å². The Morgan fingerprint density at radius 3 is 2.69 bits per heavy atom. The predicted octanol–water partition coefficient (Wildman–Crippen LogP) is 1.69. The van der Waals surface area contributed by atoms with E-state index >= 15 is 0 Å². The second-order valence-electron chi connectivity index (χ2n) is 5.37. The second-order valence-corrected chi connectivity index (χ2v) is 7.80. The predicted molar refractivity (Wildman–Crippen MR) is 69.2 cm³/mol. The first-order valence-corrected chi connectivity index (χ1v) is 7.40. The smallest absolute Gasteiger partial charge is 0.0740 e. The normalized spacial score (nSPS) is 29.0. The summed E-state index contributed by atoms with van der Waals surface area (Å²) in [6, 6.07) is 0.355. The van der Waals surface area contributed by atoms with E-state index in [9.17, 15) is 4.21 Å². The molecule has 0 bridgehead atoms. The van der Waals surface area contributed by atoms with Gasteiger partial charge in [-0.15, -0.1) is 0 Å². The topological polar surface area (TPSA) is 38.3 Å². The average Bonchev–Trinajstić information content (AvgIpc) is 2.24. The van der Waals surface area contributed by atoms with Gasteiger partial charge in [0.2, 0.25) is 0 Å². The fourth-order valence-corrected chi connectivity index (χ4v) is 3.60. The summed E-state index contributed by atoms with van der Waals surface area (Å²) in [4.78, 5) is 0. The Labute approximate surface area is 102 Å².